The number of hydrogen-bond donors (Lipinski definition) is 0. The van der Waals surface area contributed by atoms with Crippen molar-refractivity contribution in [2.24, 2.45) is 5.41 Å². The molecule has 2 aromatic carbocycles. The quantitative estimate of drug-likeness (QED) is 0.281. The van der Waals surface area contributed by atoms with Crippen LogP contribution in [-0.2, 0) is 17.8 Å². The first-order valence-corrected chi connectivity index (χ1v) is 16.0. The lowest BCUT2D eigenvalue weighted by Gasteiger charge is -2.43. The first-order chi connectivity index (χ1) is 22.0. The van der Waals surface area contributed by atoms with Crippen molar-refractivity contribution >= 4 is 39.8 Å². The highest BCUT2D eigenvalue weighted by Gasteiger charge is 2.44. The van der Waals surface area contributed by atoms with E-state index in [-0.39, 0.29) is 35.5 Å². The molecule has 3 aliphatic rings. The van der Waals surface area contributed by atoms with Crippen molar-refractivity contribution in [1.29, 1.82) is 5.26 Å². The Morgan fingerprint density at radius 2 is 2.02 bits per heavy atom. The van der Waals surface area contributed by atoms with E-state index < -0.39 is 23.6 Å². The maximum absolute atomic E-state index is 14.7. The van der Waals surface area contributed by atoms with Crippen molar-refractivity contribution < 1.29 is 18.3 Å². The molecule has 1 unspecified atom stereocenters. The monoisotopic (exact) mass is 649 g/mol. The molecule has 1 aromatic heterocycles. The second-order valence-electron chi connectivity index (χ2n) is 13.1. The lowest BCUT2D eigenvalue weighted by molar-refractivity contribution is -0.131. The number of fused-ring (bicyclic) bond motifs is 2. The minimum absolute atomic E-state index is 0.0194. The fourth-order valence-electron chi connectivity index (χ4n) is 6.90. The number of halogens is 3. The lowest BCUT2D eigenvalue weighted by Crippen LogP contribution is -2.56. The molecule has 2 atom stereocenters. The number of amides is 1. The van der Waals surface area contributed by atoms with Gasteiger partial charge >= 0.3 is 6.01 Å². The van der Waals surface area contributed by atoms with Crippen LogP contribution in [0.2, 0.25) is 5.02 Å². The fourth-order valence-corrected chi connectivity index (χ4v) is 7.17. The van der Waals surface area contributed by atoms with Crippen LogP contribution in [0.25, 0.3) is 10.8 Å². The van der Waals surface area contributed by atoms with Gasteiger partial charge in [0.05, 0.1) is 42.4 Å². The molecule has 9 nitrogen and oxygen atoms in total. The average Bonchev–Trinajstić information content (AvgIpc) is 3.79. The van der Waals surface area contributed by atoms with Gasteiger partial charge in [0, 0.05) is 54.3 Å². The molecule has 1 saturated carbocycles. The molecule has 0 spiro atoms. The Kier molecular flexibility index (Phi) is 8.79. The largest absolute Gasteiger partial charge is 0.463 e. The average molecular weight is 650 g/mol. The Hall–Kier alpha value is -4.01. The van der Waals surface area contributed by atoms with E-state index in [0.29, 0.717) is 43.9 Å². The van der Waals surface area contributed by atoms with Crippen molar-refractivity contribution in [3.8, 4) is 12.1 Å². The molecular weight excluding hydrogens is 612 g/mol. The van der Waals surface area contributed by atoms with Crippen LogP contribution in [0.3, 0.4) is 0 Å². The van der Waals surface area contributed by atoms with Crippen LogP contribution in [0.5, 0.6) is 6.01 Å². The molecule has 1 saturated heterocycles. The van der Waals surface area contributed by atoms with Crippen molar-refractivity contribution in [3.05, 3.63) is 64.8 Å². The number of nitriles is 1. The zero-order valence-corrected chi connectivity index (χ0v) is 27.2. The molecule has 1 amide bonds. The third-order valence-corrected chi connectivity index (χ3v) is 9.71. The van der Waals surface area contributed by atoms with Gasteiger partial charge in [-0.1, -0.05) is 36.4 Å². The number of benzene rings is 2. The van der Waals surface area contributed by atoms with Gasteiger partial charge in [-0.2, -0.15) is 15.2 Å². The number of ether oxygens (including phenoxy) is 1. The van der Waals surface area contributed by atoms with Crippen molar-refractivity contribution in [2.45, 2.75) is 51.2 Å². The number of carbonyl (C=O) groups excluding carboxylic acids is 1. The smallest absolute Gasteiger partial charge is 0.318 e. The van der Waals surface area contributed by atoms with E-state index >= 15 is 0 Å². The van der Waals surface area contributed by atoms with Crippen LogP contribution in [-0.4, -0.2) is 84.6 Å². The third-order valence-electron chi connectivity index (χ3n) is 9.34. The molecule has 0 radical (unpaired) electrons. The predicted octanol–water partition coefficient (Wildman–Crippen LogP) is 5.51. The Labute approximate surface area is 273 Å². The van der Waals surface area contributed by atoms with Crippen LogP contribution in [0.15, 0.2) is 42.7 Å². The molecule has 6 rings (SSSR count). The summed E-state index contributed by atoms with van der Waals surface area (Å²) >= 11 is 6.53. The SMILES string of the molecule is C=C(F)C(=O)N1CCN(c2nc(OCC3(CN(C)C)CC3)nc3c2C[C@@H](C)N(c2cccc4ccc(F)c(Cl)c24)C3)CC1CC#N. The first kappa shape index (κ1) is 32.0. The maximum Gasteiger partial charge on any atom is 0.318 e. The molecule has 2 aliphatic heterocycles. The lowest BCUT2D eigenvalue weighted by atomic mass is 9.96. The second-order valence-corrected chi connectivity index (χ2v) is 13.4. The number of nitrogens with zero attached hydrogens (tertiary/aromatic N) is 7. The van der Waals surface area contributed by atoms with E-state index in [1.807, 2.05) is 18.2 Å². The highest BCUT2D eigenvalue weighted by Crippen LogP contribution is 2.46. The highest BCUT2D eigenvalue weighted by molar-refractivity contribution is 6.36. The number of piperazine rings is 1. The van der Waals surface area contributed by atoms with Crippen LogP contribution in [0.1, 0.15) is 37.4 Å². The summed E-state index contributed by atoms with van der Waals surface area (Å²) in [5, 5.41) is 11.1. The first-order valence-electron chi connectivity index (χ1n) is 15.6. The summed E-state index contributed by atoms with van der Waals surface area (Å²) in [6, 6.07) is 10.8. The van der Waals surface area contributed by atoms with E-state index in [1.54, 1.807) is 6.07 Å². The number of carbonyl (C=O) groups is 1. The number of anilines is 2. The molecular formula is C34H38ClF2N7O2. The van der Waals surface area contributed by atoms with Gasteiger partial charge in [-0.05, 0) is 57.8 Å². The summed E-state index contributed by atoms with van der Waals surface area (Å²) in [5.74, 6) is -1.61. The molecule has 1 aliphatic carbocycles. The van der Waals surface area contributed by atoms with Gasteiger partial charge in [0.2, 0.25) is 0 Å². The molecule has 2 fully saturated rings. The Balaban J connectivity index is 1.38. The Bertz CT molecular complexity index is 1720. The molecule has 242 valence electrons. The van der Waals surface area contributed by atoms with Crippen molar-refractivity contribution in [3.63, 3.8) is 0 Å². The summed E-state index contributed by atoms with van der Waals surface area (Å²) < 4.78 is 34.8. The minimum atomic E-state index is -1.04. The molecule has 3 heterocycles. The number of aromatic nitrogens is 2. The Morgan fingerprint density at radius 1 is 1.24 bits per heavy atom. The van der Waals surface area contributed by atoms with Crippen molar-refractivity contribution in [2.75, 3.05) is 56.7 Å². The fraction of sp³-hybridized carbons (Fsp3) is 0.471. The molecule has 3 aromatic rings. The summed E-state index contributed by atoms with van der Waals surface area (Å²) in [6.07, 6.45) is 2.76. The third kappa shape index (κ3) is 6.20. The van der Waals surface area contributed by atoms with E-state index in [4.69, 9.17) is 26.3 Å². The topological polar surface area (TPSA) is 88.8 Å². The second kappa shape index (κ2) is 12.6. The van der Waals surface area contributed by atoms with Gasteiger partial charge in [0.25, 0.3) is 5.91 Å². The van der Waals surface area contributed by atoms with Crippen LogP contribution < -0.4 is 14.5 Å². The zero-order valence-electron chi connectivity index (χ0n) is 26.4. The van der Waals surface area contributed by atoms with E-state index in [1.165, 1.54) is 11.0 Å². The standard InChI is InChI=1S/C34H38ClF2N7O2/c1-21-16-25-27(18-44(21)28-7-5-6-23-8-9-26(37)30(35)29(23)28)39-33(46-20-34(11-12-34)19-41(3)4)40-31(25)42-14-15-43(32(45)22(2)36)24(17-42)10-13-38/h5-9,21,24H,2,10-12,14-20H2,1,3-4H3/t21-,24?/m1/s1. The van der Waals surface area contributed by atoms with E-state index in [9.17, 15) is 18.8 Å². The molecule has 12 heteroatoms. The predicted molar refractivity (Wildman–Crippen MR) is 174 cm³/mol. The van der Waals surface area contributed by atoms with Crippen LogP contribution in [0, 0.1) is 22.6 Å². The van der Waals surface area contributed by atoms with Gasteiger partial charge in [0.15, 0.2) is 5.83 Å². The van der Waals surface area contributed by atoms with Crippen LogP contribution in [0.4, 0.5) is 20.3 Å². The highest BCUT2D eigenvalue weighted by atomic mass is 35.5. The number of hydrogen-bond acceptors (Lipinski definition) is 8. The van der Waals surface area contributed by atoms with Gasteiger partial charge in [-0.3, -0.25) is 4.79 Å². The van der Waals surface area contributed by atoms with Crippen molar-refractivity contribution in [1.82, 2.24) is 19.8 Å². The van der Waals surface area contributed by atoms with Gasteiger partial charge < -0.3 is 24.3 Å². The molecule has 46 heavy (non-hydrogen) atoms. The summed E-state index contributed by atoms with van der Waals surface area (Å²) in [7, 11) is 4.10. The minimum Gasteiger partial charge on any atom is -0.463 e. The molecule has 0 bridgehead atoms. The van der Waals surface area contributed by atoms with Gasteiger partial charge in [0.1, 0.15) is 11.6 Å². The maximum atomic E-state index is 14.7. The van der Waals surface area contributed by atoms with Crippen LogP contribution >= 0.6 is 11.6 Å². The van der Waals surface area contributed by atoms with Gasteiger partial charge in [-0.25, -0.2) is 8.78 Å². The Morgan fingerprint density at radius 3 is 2.72 bits per heavy atom. The van der Waals surface area contributed by atoms with E-state index in [2.05, 4.69) is 48.4 Å². The zero-order chi connectivity index (χ0) is 32.7. The normalized spacial score (nSPS) is 20.4. The van der Waals surface area contributed by atoms with E-state index in [0.717, 1.165) is 41.7 Å². The summed E-state index contributed by atoms with van der Waals surface area (Å²) in [5.41, 5.74) is 2.62. The number of rotatable bonds is 9. The molecule has 0 N–H and O–H groups in total. The summed E-state index contributed by atoms with van der Waals surface area (Å²) in [6.45, 7) is 7.99. The van der Waals surface area contributed by atoms with Gasteiger partial charge in [-0.15, -0.1) is 0 Å². The summed E-state index contributed by atoms with van der Waals surface area (Å²) in [4.78, 5) is 30.2.